The second-order valence-corrected chi connectivity index (χ2v) is 11.7. The Kier molecular flexibility index (Phi) is 2.39. The van der Waals surface area contributed by atoms with Crippen LogP contribution in [0.2, 0.25) is 0 Å². The van der Waals surface area contributed by atoms with Gasteiger partial charge in [0.15, 0.2) is 0 Å². The predicted octanol–water partition coefficient (Wildman–Crippen LogP) is -0.608. The third-order valence-corrected chi connectivity index (χ3v) is 10.8. The normalized spacial score (nSPS) is 66.6. The molecule has 6 rings (SSSR count). The van der Waals surface area contributed by atoms with E-state index in [1.165, 1.54) is 0 Å². The molecule has 134 valence electrons. The van der Waals surface area contributed by atoms with Gasteiger partial charge in [-0.3, -0.25) is 8.37 Å². The number of hydrogen-bond donors (Lipinski definition) is 0. The van der Waals surface area contributed by atoms with Crippen molar-refractivity contribution >= 4 is 20.2 Å². The van der Waals surface area contributed by atoms with Gasteiger partial charge in [-0.15, -0.1) is 0 Å². The summed E-state index contributed by atoms with van der Waals surface area (Å²) in [6.07, 6.45) is -1.64. The molecule has 0 saturated carbocycles. The minimum Gasteiger partial charge on any atom is -0.370 e. The zero-order valence-corrected chi connectivity index (χ0v) is 14.7. The molecule has 0 spiro atoms. The SMILES string of the molecule is CC1C2OC3C(OS(=O)(=O)C13)C2C1C2C[C@]3(C)OS(=O)(=O)C1C3O2. The number of ether oxygens (including phenoxy) is 2. The van der Waals surface area contributed by atoms with Crippen LogP contribution in [0, 0.1) is 17.8 Å². The summed E-state index contributed by atoms with van der Waals surface area (Å²) in [4.78, 5) is 0. The lowest BCUT2D eigenvalue weighted by Gasteiger charge is -2.36. The molecular formula is C14H18O8S2. The van der Waals surface area contributed by atoms with Crippen LogP contribution in [0.4, 0.5) is 0 Å². The largest absolute Gasteiger partial charge is 0.370 e. The highest BCUT2D eigenvalue weighted by Gasteiger charge is 2.78. The van der Waals surface area contributed by atoms with Gasteiger partial charge < -0.3 is 9.47 Å². The van der Waals surface area contributed by atoms with Crippen molar-refractivity contribution in [3.63, 3.8) is 0 Å². The third-order valence-electron chi connectivity index (χ3n) is 7.06. The number of fused-ring (bicyclic) bond motifs is 2. The lowest BCUT2D eigenvalue weighted by Crippen LogP contribution is -2.52. The first-order valence-electron chi connectivity index (χ1n) is 8.32. The van der Waals surface area contributed by atoms with E-state index in [9.17, 15) is 16.8 Å². The Balaban J connectivity index is 1.46. The van der Waals surface area contributed by atoms with E-state index in [4.69, 9.17) is 17.8 Å². The summed E-state index contributed by atoms with van der Waals surface area (Å²) in [7, 11) is -7.40. The molecule has 0 radical (unpaired) electrons. The fraction of sp³-hybridized carbons (Fsp3) is 1.00. The van der Waals surface area contributed by atoms with Crippen molar-refractivity contribution in [2.24, 2.45) is 17.8 Å². The molecule has 11 atom stereocenters. The summed E-state index contributed by atoms with van der Waals surface area (Å²) < 4.78 is 72.4. The second kappa shape index (κ2) is 3.86. The van der Waals surface area contributed by atoms with Crippen molar-refractivity contribution in [2.75, 3.05) is 0 Å². The van der Waals surface area contributed by atoms with Gasteiger partial charge in [-0.1, -0.05) is 6.92 Å². The van der Waals surface area contributed by atoms with E-state index in [0.717, 1.165) is 0 Å². The van der Waals surface area contributed by atoms with Crippen molar-refractivity contribution in [2.45, 2.75) is 66.9 Å². The van der Waals surface area contributed by atoms with E-state index in [1.807, 2.05) is 6.92 Å². The average molecular weight is 378 g/mol. The molecule has 10 heteroatoms. The van der Waals surface area contributed by atoms with Crippen LogP contribution in [0.25, 0.3) is 0 Å². The Bertz CT molecular complexity index is 852. The van der Waals surface area contributed by atoms with Crippen molar-refractivity contribution < 1.29 is 34.7 Å². The fourth-order valence-electron chi connectivity index (χ4n) is 6.36. The molecule has 6 saturated heterocycles. The van der Waals surface area contributed by atoms with Crippen LogP contribution in [-0.4, -0.2) is 63.5 Å². The monoisotopic (exact) mass is 378 g/mol. The van der Waals surface area contributed by atoms with E-state index in [0.29, 0.717) is 6.42 Å². The molecule has 4 bridgehead atoms. The lowest BCUT2D eigenvalue weighted by atomic mass is 9.66. The average Bonchev–Trinajstić information content (AvgIpc) is 3.16. The van der Waals surface area contributed by atoms with Crippen LogP contribution in [0.5, 0.6) is 0 Å². The maximum Gasteiger partial charge on any atom is 0.273 e. The zero-order chi connectivity index (χ0) is 16.8. The predicted molar refractivity (Wildman–Crippen MR) is 77.9 cm³/mol. The van der Waals surface area contributed by atoms with Gasteiger partial charge in [0.1, 0.15) is 34.4 Å². The molecular weight excluding hydrogens is 360 g/mol. The molecule has 0 aromatic carbocycles. The standard InChI is InChI=1S/C14H18O8S2/c1-4-8-7(9-10(20-8)11(4)23(15,16)21-9)6-5-3-14(2)13(19-5)12(6)24(17,18)22-14/h4-13H,3H2,1-2H3/t4?,5?,6?,7?,8?,9?,10?,11?,12?,13?,14-/m0/s1. The minimum absolute atomic E-state index is 0.209. The molecule has 6 aliphatic heterocycles. The Hall–Kier alpha value is -0.260. The maximum absolute atomic E-state index is 12.6. The Morgan fingerprint density at radius 1 is 0.917 bits per heavy atom. The van der Waals surface area contributed by atoms with E-state index >= 15 is 0 Å². The first-order chi connectivity index (χ1) is 11.1. The van der Waals surface area contributed by atoms with E-state index in [2.05, 4.69) is 0 Å². The highest BCUT2D eigenvalue weighted by atomic mass is 32.2. The van der Waals surface area contributed by atoms with Crippen LogP contribution >= 0.6 is 0 Å². The number of rotatable bonds is 1. The van der Waals surface area contributed by atoms with Crippen molar-refractivity contribution in [3.05, 3.63) is 0 Å². The summed E-state index contributed by atoms with van der Waals surface area (Å²) in [6.45, 7) is 3.63. The Labute approximate surface area is 140 Å². The second-order valence-electron chi connectivity index (χ2n) is 8.25. The van der Waals surface area contributed by atoms with Gasteiger partial charge in [0.05, 0.1) is 12.2 Å². The quantitative estimate of drug-likeness (QED) is 0.557. The summed E-state index contributed by atoms with van der Waals surface area (Å²) in [5.41, 5.74) is -0.792. The molecule has 8 nitrogen and oxygen atoms in total. The molecule has 6 aliphatic rings. The first kappa shape index (κ1) is 14.9. The summed E-state index contributed by atoms with van der Waals surface area (Å²) in [5.74, 6) is -0.842. The van der Waals surface area contributed by atoms with E-state index in [1.54, 1.807) is 6.92 Å². The van der Waals surface area contributed by atoms with Crippen LogP contribution in [-0.2, 0) is 38.1 Å². The highest BCUT2D eigenvalue weighted by Crippen LogP contribution is 2.63. The topological polar surface area (TPSA) is 105 Å². The first-order valence-corrected chi connectivity index (χ1v) is 11.3. The third kappa shape index (κ3) is 1.40. The van der Waals surface area contributed by atoms with Gasteiger partial charge in [-0.25, -0.2) is 0 Å². The molecule has 0 aromatic rings. The van der Waals surface area contributed by atoms with E-state index in [-0.39, 0.29) is 30.0 Å². The highest BCUT2D eigenvalue weighted by molar-refractivity contribution is 7.88. The smallest absolute Gasteiger partial charge is 0.273 e. The fourth-order valence-corrected chi connectivity index (χ4v) is 10.5. The van der Waals surface area contributed by atoms with Gasteiger partial charge in [0.2, 0.25) is 0 Å². The molecule has 0 aromatic heterocycles. The molecule has 6 fully saturated rings. The van der Waals surface area contributed by atoms with Gasteiger partial charge >= 0.3 is 0 Å². The molecule has 10 unspecified atom stereocenters. The molecule has 0 aliphatic carbocycles. The van der Waals surface area contributed by atoms with Gasteiger partial charge in [-0.2, -0.15) is 16.8 Å². The van der Waals surface area contributed by atoms with Crippen molar-refractivity contribution in [3.8, 4) is 0 Å². The van der Waals surface area contributed by atoms with Crippen LogP contribution in [0.3, 0.4) is 0 Å². The van der Waals surface area contributed by atoms with Gasteiger partial charge in [0.25, 0.3) is 20.2 Å². The maximum atomic E-state index is 12.6. The molecule has 6 heterocycles. The summed E-state index contributed by atoms with van der Waals surface area (Å²) in [5, 5.41) is -1.39. The summed E-state index contributed by atoms with van der Waals surface area (Å²) in [6, 6.07) is 0. The van der Waals surface area contributed by atoms with Gasteiger partial charge in [0, 0.05) is 24.2 Å². The Morgan fingerprint density at radius 2 is 1.67 bits per heavy atom. The molecule has 0 N–H and O–H groups in total. The lowest BCUT2D eigenvalue weighted by molar-refractivity contribution is 0.0286. The molecule has 0 amide bonds. The van der Waals surface area contributed by atoms with Crippen molar-refractivity contribution in [1.29, 1.82) is 0 Å². The molecule has 24 heavy (non-hydrogen) atoms. The van der Waals surface area contributed by atoms with Crippen molar-refractivity contribution in [1.82, 2.24) is 0 Å². The minimum atomic E-state index is -3.74. The number of hydrogen-bond acceptors (Lipinski definition) is 8. The van der Waals surface area contributed by atoms with E-state index < -0.39 is 54.6 Å². The zero-order valence-electron chi connectivity index (χ0n) is 13.1. The van der Waals surface area contributed by atoms with Gasteiger partial charge in [-0.05, 0) is 6.92 Å². The van der Waals surface area contributed by atoms with Crippen LogP contribution in [0.15, 0.2) is 0 Å². The van der Waals surface area contributed by atoms with Crippen LogP contribution < -0.4 is 0 Å². The summed E-state index contributed by atoms with van der Waals surface area (Å²) >= 11 is 0. The Morgan fingerprint density at radius 3 is 2.42 bits per heavy atom. The van der Waals surface area contributed by atoms with Crippen LogP contribution in [0.1, 0.15) is 20.3 Å².